The van der Waals surface area contributed by atoms with Crippen molar-refractivity contribution in [1.82, 2.24) is 15.3 Å². The number of nitrogens with one attached hydrogen (secondary N) is 1. The highest BCUT2D eigenvalue weighted by molar-refractivity contribution is 6.04. The third-order valence-electron chi connectivity index (χ3n) is 3.44. The first-order valence-corrected chi connectivity index (χ1v) is 7.05. The van der Waals surface area contributed by atoms with Crippen LogP contribution in [0, 0.1) is 5.82 Å². The van der Waals surface area contributed by atoms with Crippen LogP contribution in [0.3, 0.4) is 0 Å². The Kier molecular flexibility index (Phi) is 4.15. The van der Waals surface area contributed by atoms with Crippen molar-refractivity contribution in [3.8, 4) is 0 Å². The highest BCUT2D eigenvalue weighted by Crippen LogP contribution is 2.16. The molecule has 0 unspecified atom stereocenters. The molecule has 0 fully saturated rings. The van der Waals surface area contributed by atoms with Crippen molar-refractivity contribution in [2.75, 3.05) is 0 Å². The number of hydrogen-bond acceptors (Lipinski definition) is 4. The topological polar surface area (TPSA) is 92.2 Å². The Balaban J connectivity index is 1.79. The van der Waals surface area contributed by atoms with E-state index in [9.17, 15) is 14.0 Å². The number of hydrogen-bond donors (Lipinski definition) is 2. The summed E-state index contributed by atoms with van der Waals surface area (Å²) in [6.45, 7) is 0.178. The maximum Gasteiger partial charge on any atom is 0.335 e. The van der Waals surface area contributed by atoms with Gasteiger partial charge < -0.3 is 10.4 Å². The largest absolute Gasteiger partial charge is 0.478 e. The number of rotatable bonds is 4. The van der Waals surface area contributed by atoms with Crippen molar-refractivity contribution in [2.24, 2.45) is 0 Å². The average molecular weight is 325 g/mol. The molecule has 0 radical (unpaired) electrons. The highest BCUT2D eigenvalue weighted by atomic mass is 19.1. The summed E-state index contributed by atoms with van der Waals surface area (Å²) in [5.41, 5.74) is 1.60. The molecule has 1 heterocycles. The molecule has 0 bridgehead atoms. The zero-order valence-electron chi connectivity index (χ0n) is 12.4. The van der Waals surface area contributed by atoms with Gasteiger partial charge >= 0.3 is 5.97 Å². The van der Waals surface area contributed by atoms with Gasteiger partial charge in [-0.05, 0) is 23.8 Å². The first-order chi connectivity index (χ1) is 11.5. The van der Waals surface area contributed by atoms with Gasteiger partial charge in [-0.25, -0.2) is 9.18 Å². The summed E-state index contributed by atoms with van der Waals surface area (Å²) in [6.07, 6.45) is 2.86. The van der Waals surface area contributed by atoms with E-state index < -0.39 is 17.7 Å². The van der Waals surface area contributed by atoms with Crippen molar-refractivity contribution in [3.05, 3.63) is 71.3 Å². The molecule has 0 saturated carbocycles. The van der Waals surface area contributed by atoms with Crippen LogP contribution in [0.25, 0.3) is 11.0 Å². The van der Waals surface area contributed by atoms with Crippen LogP contribution in [0.4, 0.5) is 4.39 Å². The number of fused-ring (bicyclic) bond motifs is 1. The third kappa shape index (κ3) is 3.19. The van der Waals surface area contributed by atoms with E-state index in [1.165, 1.54) is 30.6 Å². The molecule has 3 rings (SSSR count). The zero-order valence-corrected chi connectivity index (χ0v) is 12.4. The van der Waals surface area contributed by atoms with Gasteiger partial charge in [0.1, 0.15) is 11.3 Å². The van der Waals surface area contributed by atoms with E-state index in [1.54, 1.807) is 12.1 Å². The molecular formula is C17H12FN3O3. The van der Waals surface area contributed by atoms with Crippen molar-refractivity contribution in [2.45, 2.75) is 6.54 Å². The van der Waals surface area contributed by atoms with Crippen molar-refractivity contribution >= 4 is 22.9 Å². The molecule has 0 atom stereocenters. The molecule has 120 valence electrons. The Morgan fingerprint density at radius 3 is 2.50 bits per heavy atom. The maximum absolute atomic E-state index is 13.6. The van der Waals surface area contributed by atoms with Gasteiger partial charge in [0.15, 0.2) is 0 Å². The fraction of sp³-hybridized carbons (Fsp3) is 0.0588. The molecule has 3 aromatic rings. The molecule has 24 heavy (non-hydrogen) atoms. The molecule has 1 aromatic heterocycles. The van der Waals surface area contributed by atoms with Crippen LogP contribution in [0.2, 0.25) is 0 Å². The van der Waals surface area contributed by atoms with Crippen LogP contribution in [0.5, 0.6) is 0 Å². The number of carboxylic acid groups (broad SMARTS) is 1. The predicted molar refractivity (Wildman–Crippen MR) is 84.1 cm³/mol. The Morgan fingerprint density at radius 1 is 1.08 bits per heavy atom. The fourth-order valence-corrected chi connectivity index (χ4v) is 2.26. The minimum atomic E-state index is -1.02. The summed E-state index contributed by atoms with van der Waals surface area (Å²) >= 11 is 0. The summed E-state index contributed by atoms with van der Waals surface area (Å²) in [7, 11) is 0. The molecular weight excluding hydrogens is 313 g/mol. The summed E-state index contributed by atoms with van der Waals surface area (Å²) in [5.74, 6) is -2.07. The highest BCUT2D eigenvalue weighted by Gasteiger charge is 2.13. The molecule has 0 aliphatic heterocycles. The zero-order chi connectivity index (χ0) is 17.1. The van der Waals surface area contributed by atoms with Gasteiger partial charge in [0, 0.05) is 25.0 Å². The van der Waals surface area contributed by atoms with E-state index in [1.807, 2.05) is 0 Å². The number of carbonyl (C=O) groups excluding carboxylic acids is 1. The fourth-order valence-electron chi connectivity index (χ4n) is 2.26. The second kappa shape index (κ2) is 6.41. The van der Waals surface area contributed by atoms with Gasteiger partial charge in [-0.2, -0.15) is 0 Å². The quantitative estimate of drug-likeness (QED) is 0.768. The number of nitrogens with zero attached hydrogens (tertiary/aromatic N) is 2. The lowest BCUT2D eigenvalue weighted by molar-refractivity contribution is 0.0696. The van der Waals surface area contributed by atoms with Crippen molar-refractivity contribution < 1.29 is 19.1 Å². The minimum absolute atomic E-state index is 0.0975. The molecule has 0 aliphatic rings. The number of benzene rings is 2. The van der Waals surface area contributed by atoms with E-state index >= 15 is 0 Å². The molecule has 1 amide bonds. The lowest BCUT2D eigenvalue weighted by Crippen LogP contribution is -2.23. The maximum atomic E-state index is 13.6. The van der Waals surface area contributed by atoms with Crippen LogP contribution in [0.1, 0.15) is 26.3 Å². The normalized spacial score (nSPS) is 10.5. The summed E-state index contributed by atoms with van der Waals surface area (Å²) in [6, 6.07) is 8.43. The van der Waals surface area contributed by atoms with E-state index in [0.29, 0.717) is 11.0 Å². The lowest BCUT2D eigenvalue weighted by Gasteiger charge is -2.08. The molecule has 6 nitrogen and oxygen atoms in total. The number of amides is 1. The van der Waals surface area contributed by atoms with E-state index in [0.717, 1.165) is 11.6 Å². The number of aromatic nitrogens is 2. The van der Waals surface area contributed by atoms with E-state index in [2.05, 4.69) is 15.3 Å². The van der Waals surface area contributed by atoms with Gasteiger partial charge in [-0.3, -0.25) is 14.8 Å². The Morgan fingerprint density at radius 2 is 1.79 bits per heavy atom. The molecule has 7 heteroatoms. The molecule has 0 saturated heterocycles. The van der Waals surface area contributed by atoms with Gasteiger partial charge in [0.25, 0.3) is 5.91 Å². The van der Waals surface area contributed by atoms with Gasteiger partial charge in [-0.1, -0.05) is 12.1 Å². The van der Waals surface area contributed by atoms with Crippen LogP contribution >= 0.6 is 0 Å². The number of aromatic carboxylic acids is 1. The van der Waals surface area contributed by atoms with Crippen LogP contribution < -0.4 is 5.32 Å². The standard InChI is InChI=1S/C17H12FN3O3/c18-12-7-13(15-14(8-12)19-5-6-20-15)16(22)21-9-10-1-3-11(4-2-10)17(23)24/h1-8H,9H2,(H,21,22)(H,23,24). The second-order valence-electron chi connectivity index (χ2n) is 5.06. The van der Waals surface area contributed by atoms with Gasteiger partial charge in [-0.15, -0.1) is 0 Å². The Bertz CT molecular complexity index is 926. The minimum Gasteiger partial charge on any atom is -0.478 e. The SMILES string of the molecule is O=C(O)c1ccc(CNC(=O)c2cc(F)cc3nccnc23)cc1. The smallest absolute Gasteiger partial charge is 0.335 e. The van der Waals surface area contributed by atoms with Gasteiger partial charge in [0.05, 0.1) is 16.6 Å². The monoisotopic (exact) mass is 325 g/mol. The van der Waals surface area contributed by atoms with E-state index in [-0.39, 0.29) is 17.7 Å². The number of carboxylic acids is 1. The second-order valence-corrected chi connectivity index (χ2v) is 5.06. The van der Waals surface area contributed by atoms with E-state index in [4.69, 9.17) is 5.11 Å². The first-order valence-electron chi connectivity index (χ1n) is 7.05. The predicted octanol–water partition coefficient (Wildman–Crippen LogP) is 2.40. The van der Waals surface area contributed by atoms with Crippen LogP contribution in [-0.2, 0) is 6.54 Å². The third-order valence-corrected chi connectivity index (χ3v) is 3.44. The van der Waals surface area contributed by atoms with Crippen LogP contribution in [-0.4, -0.2) is 27.0 Å². The van der Waals surface area contributed by atoms with Crippen molar-refractivity contribution in [3.63, 3.8) is 0 Å². The molecule has 2 N–H and O–H groups in total. The number of halogens is 1. The average Bonchev–Trinajstić information content (AvgIpc) is 2.59. The summed E-state index contributed by atoms with van der Waals surface area (Å²) in [5, 5.41) is 11.5. The Hall–Kier alpha value is -3.35. The summed E-state index contributed by atoms with van der Waals surface area (Å²) in [4.78, 5) is 31.2. The lowest BCUT2D eigenvalue weighted by atomic mass is 10.1. The molecule has 0 spiro atoms. The summed E-state index contributed by atoms with van der Waals surface area (Å²) < 4.78 is 13.6. The Labute approximate surface area is 136 Å². The van der Waals surface area contributed by atoms with Gasteiger partial charge in [0.2, 0.25) is 0 Å². The first kappa shape index (κ1) is 15.5. The molecule has 0 aliphatic carbocycles. The van der Waals surface area contributed by atoms with Crippen molar-refractivity contribution in [1.29, 1.82) is 0 Å². The molecule has 2 aromatic carbocycles. The number of carbonyl (C=O) groups is 2. The van der Waals surface area contributed by atoms with Crippen LogP contribution in [0.15, 0.2) is 48.8 Å².